The van der Waals surface area contributed by atoms with E-state index in [2.05, 4.69) is 15.1 Å². The van der Waals surface area contributed by atoms with E-state index in [9.17, 15) is 4.39 Å². The van der Waals surface area contributed by atoms with Crippen LogP contribution in [0.15, 0.2) is 22.5 Å². The van der Waals surface area contributed by atoms with Gasteiger partial charge in [-0.1, -0.05) is 5.16 Å². The van der Waals surface area contributed by atoms with E-state index in [1.807, 2.05) is 0 Å². The Morgan fingerprint density at radius 1 is 1.44 bits per heavy atom. The quantitative estimate of drug-likeness (QED) is 0.781. The van der Waals surface area contributed by atoms with Gasteiger partial charge >= 0.3 is 0 Å². The monoisotopic (exact) mass is 222 g/mol. The standard InChI is InChI=1S/C10H11FN4O/c1-6(2)7(11)10-13-8(14-16-10)9-12-4-5-15(9)3/h4-5H,1-3H3. The first-order valence-electron chi connectivity index (χ1n) is 4.74. The summed E-state index contributed by atoms with van der Waals surface area (Å²) in [5.41, 5.74) is 0.495. The summed E-state index contributed by atoms with van der Waals surface area (Å²) in [5, 5.41) is 3.68. The zero-order valence-corrected chi connectivity index (χ0v) is 9.23. The lowest BCUT2D eigenvalue weighted by Gasteiger charge is -1.93. The smallest absolute Gasteiger partial charge is 0.287 e. The molecule has 0 saturated carbocycles. The largest absolute Gasteiger partial charge is 0.331 e. The third kappa shape index (κ3) is 1.73. The minimum absolute atomic E-state index is 0.113. The van der Waals surface area contributed by atoms with E-state index in [1.54, 1.807) is 37.9 Å². The van der Waals surface area contributed by atoms with Crippen LogP contribution in [0, 0.1) is 0 Å². The molecule has 2 aromatic rings. The van der Waals surface area contributed by atoms with Crippen LogP contribution in [-0.4, -0.2) is 19.7 Å². The number of halogens is 1. The van der Waals surface area contributed by atoms with Gasteiger partial charge in [-0.25, -0.2) is 9.37 Å². The molecule has 2 rings (SSSR count). The number of nitrogens with zero attached hydrogens (tertiary/aromatic N) is 4. The summed E-state index contributed by atoms with van der Waals surface area (Å²) >= 11 is 0. The van der Waals surface area contributed by atoms with E-state index < -0.39 is 5.83 Å². The molecule has 0 aliphatic rings. The molecule has 0 saturated heterocycles. The minimum Gasteiger partial charge on any atom is -0.331 e. The van der Waals surface area contributed by atoms with Gasteiger partial charge in [0.05, 0.1) is 0 Å². The van der Waals surface area contributed by atoms with Crippen molar-refractivity contribution in [3.8, 4) is 11.6 Å². The predicted molar refractivity (Wildman–Crippen MR) is 55.9 cm³/mol. The van der Waals surface area contributed by atoms with Crippen LogP contribution in [0.3, 0.4) is 0 Å². The zero-order valence-electron chi connectivity index (χ0n) is 9.23. The molecular formula is C10H11FN4O. The molecule has 0 unspecified atom stereocenters. The molecule has 84 valence electrons. The first-order chi connectivity index (χ1) is 7.59. The molecule has 5 nitrogen and oxygen atoms in total. The molecule has 0 radical (unpaired) electrons. The summed E-state index contributed by atoms with van der Waals surface area (Å²) in [6.07, 6.45) is 3.37. The highest BCUT2D eigenvalue weighted by Crippen LogP contribution is 2.20. The Hall–Kier alpha value is -1.98. The second-order valence-electron chi connectivity index (χ2n) is 3.60. The average molecular weight is 222 g/mol. The maximum atomic E-state index is 13.5. The maximum Gasteiger partial charge on any atom is 0.287 e. The van der Waals surface area contributed by atoms with Crippen LogP contribution < -0.4 is 0 Å². The number of imidazole rings is 1. The van der Waals surface area contributed by atoms with E-state index in [-0.39, 0.29) is 11.7 Å². The molecule has 0 aliphatic carbocycles. The molecule has 0 spiro atoms. The number of hydrogen-bond acceptors (Lipinski definition) is 4. The lowest BCUT2D eigenvalue weighted by molar-refractivity contribution is 0.397. The van der Waals surface area contributed by atoms with Crippen LogP contribution >= 0.6 is 0 Å². The van der Waals surface area contributed by atoms with E-state index >= 15 is 0 Å². The highest BCUT2D eigenvalue weighted by atomic mass is 19.1. The van der Waals surface area contributed by atoms with Crippen LogP contribution in [0.4, 0.5) is 4.39 Å². The van der Waals surface area contributed by atoms with Crippen molar-refractivity contribution >= 4 is 5.83 Å². The van der Waals surface area contributed by atoms with Gasteiger partial charge in [0.1, 0.15) is 0 Å². The highest BCUT2D eigenvalue weighted by Gasteiger charge is 2.15. The topological polar surface area (TPSA) is 56.7 Å². The summed E-state index contributed by atoms with van der Waals surface area (Å²) < 4.78 is 20.0. The Morgan fingerprint density at radius 2 is 2.19 bits per heavy atom. The molecular weight excluding hydrogens is 211 g/mol. The molecule has 2 aromatic heterocycles. The number of aryl methyl sites for hydroxylation is 1. The van der Waals surface area contributed by atoms with Crippen LogP contribution in [0.5, 0.6) is 0 Å². The first kappa shape index (κ1) is 10.5. The zero-order chi connectivity index (χ0) is 11.7. The average Bonchev–Trinajstić information content (AvgIpc) is 2.84. The van der Waals surface area contributed by atoms with E-state index in [1.165, 1.54) is 0 Å². The fraction of sp³-hybridized carbons (Fsp3) is 0.300. The van der Waals surface area contributed by atoms with Crippen molar-refractivity contribution in [2.24, 2.45) is 7.05 Å². The maximum absolute atomic E-state index is 13.5. The van der Waals surface area contributed by atoms with Gasteiger partial charge in [-0.05, 0) is 19.4 Å². The lowest BCUT2D eigenvalue weighted by atomic mass is 10.3. The molecule has 0 amide bonds. The Balaban J connectivity index is 2.41. The Bertz CT molecular complexity index is 537. The molecule has 0 atom stereocenters. The molecule has 16 heavy (non-hydrogen) atoms. The second-order valence-corrected chi connectivity index (χ2v) is 3.60. The Labute approximate surface area is 91.6 Å². The SMILES string of the molecule is CC(C)=C(F)c1nc(-c2nccn2C)no1. The lowest BCUT2D eigenvalue weighted by Crippen LogP contribution is -1.93. The molecule has 0 fully saturated rings. The third-order valence-corrected chi connectivity index (χ3v) is 2.07. The summed E-state index contributed by atoms with van der Waals surface area (Å²) in [5.74, 6) is 0.210. The second kappa shape index (κ2) is 3.88. The van der Waals surface area contributed by atoms with E-state index in [0.717, 1.165) is 0 Å². The van der Waals surface area contributed by atoms with Crippen LogP contribution in [-0.2, 0) is 7.05 Å². The first-order valence-corrected chi connectivity index (χ1v) is 4.74. The van der Waals surface area contributed by atoms with Gasteiger partial charge in [0.15, 0.2) is 11.7 Å². The molecule has 0 aromatic carbocycles. The van der Waals surface area contributed by atoms with Crippen molar-refractivity contribution in [2.45, 2.75) is 13.8 Å². The van der Waals surface area contributed by atoms with E-state index in [4.69, 9.17) is 4.52 Å². The van der Waals surface area contributed by atoms with Crippen LogP contribution in [0.25, 0.3) is 17.5 Å². The fourth-order valence-electron chi connectivity index (χ4n) is 1.20. The number of aromatic nitrogens is 4. The van der Waals surface area contributed by atoms with Crippen LogP contribution in [0.1, 0.15) is 19.7 Å². The molecule has 0 aliphatic heterocycles. The Kier molecular flexibility index (Phi) is 2.55. The van der Waals surface area contributed by atoms with Gasteiger partial charge in [0.2, 0.25) is 5.82 Å². The van der Waals surface area contributed by atoms with Crippen molar-refractivity contribution in [1.29, 1.82) is 0 Å². The molecule has 0 bridgehead atoms. The van der Waals surface area contributed by atoms with Crippen molar-refractivity contribution in [3.63, 3.8) is 0 Å². The summed E-state index contributed by atoms with van der Waals surface area (Å²) in [6.45, 7) is 3.28. The van der Waals surface area contributed by atoms with Gasteiger partial charge in [-0.15, -0.1) is 0 Å². The van der Waals surface area contributed by atoms with Gasteiger partial charge in [-0.3, -0.25) is 0 Å². The van der Waals surface area contributed by atoms with Gasteiger partial charge in [-0.2, -0.15) is 4.98 Å². The van der Waals surface area contributed by atoms with Gasteiger partial charge < -0.3 is 9.09 Å². The summed E-state index contributed by atoms with van der Waals surface area (Å²) in [7, 11) is 1.80. The van der Waals surface area contributed by atoms with E-state index in [0.29, 0.717) is 11.4 Å². The number of rotatable bonds is 2. The van der Waals surface area contributed by atoms with Crippen LogP contribution in [0.2, 0.25) is 0 Å². The fourth-order valence-corrected chi connectivity index (χ4v) is 1.20. The van der Waals surface area contributed by atoms with Gasteiger partial charge in [0, 0.05) is 19.4 Å². The third-order valence-electron chi connectivity index (χ3n) is 2.07. The number of allylic oxidation sites excluding steroid dienone is 1. The highest BCUT2D eigenvalue weighted by molar-refractivity contribution is 5.55. The predicted octanol–water partition coefficient (Wildman–Crippen LogP) is 2.19. The molecule has 6 heteroatoms. The summed E-state index contributed by atoms with van der Waals surface area (Å²) in [6, 6.07) is 0. The van der Waals surface area contributed by atoms with Crippen molar-refractivity contribution in [3.05, 3.63) is 23.9 Å². The van der Waals surface area contributed by atoms with Gasteiger partial charge in [0.25, 0.3) is 5.89 Å². The van der Waals surface area contributed by atoms with Crippen molar-refractivity contribution < 1.29 is 8.91 Å². The normalized spacial score (nSPS) is 10.5. The molecule has 2 heterocycles. The Morgan fingerprint density at radius 3 is 2.75 bits per heavy atom. The summed E-state index contributed by atoms with van der Waals surface area (Å²) in [4.78, 5) is 7.98. The minimum atomic E-state index is -0.493. The van der Waals surface area contributed by atoms with Crippen molar-refractivity contribution in [1.82, 2.24) is 19.7 Å². The molecule has 0 N–H and O–H groups in total. The van der Waals surface area contributed by atoms with Crippen molar-refractivity contribution in [2.75, 3.05) is 0 Å². The number of hydrogen-bond donors (Lipinski definition) is 0.